The number of nitrogens with one attached hydrogen (secondary N) is 2. The first-order valence-electron chi connectivity index (χ1n) is 28.1. The number of hydrogen-bond acceptors (Lipinski definition) is 17. The van der Waals surface area contributed by atoms with E-state index in [0.29, 0.717) is 74.8 Å². The zero-order valence-corrected chi connectivity index (χ0v) is 46.7. The minimum absolute atomic E-state index is 0.00624. The third kappa shape index (κ3) is 14.5. The highest BCUT2D eigenvalue weighted by molar-refractivity contribution is 8.76. The van der Waals surface area contributed by atoms with Gasteiger partial charge in [0.2, 0.25) is 11.7 Å². The highest BCUT2D eigenvalue weighted by Crippen LogP contribution is 2.57. The number of aromatic hydroxyl groups is 2. The van der Waals surface area contributed by atoms with E-state index in [1.165, 1.54) is 34.8 Å². The first-order chi connectivity index (χ1) is 37.3. The number of aryl methyl sites for hydroxylation is 1. The normalized spacial score (nSPS) is 34.8. The van der Waals surface area contributed by atoms with Crippen LogP contribution in [0.1, 0.15) is 119 Å². The molecule has 3 heterocycles. The van der Waals surface area contributed by atoms with Gasteiger partial charge >= 0.3 is 0 Å². The number of amides is 1. The summed E-state index contributed by atoms with van der Waals surface area (Å²) in [4.78, 5) is 13.5. The molecule has 3 fully saturated rings. The molecule has 0 radical (unpaired) electrons. The second-order valence-corrected chi connectivity index (χ2v) is 25.3. The van der Waals surface area contributed by atoms with Crippen molar-refractivity contribution in [3.8, 4) is 52.4 Å². The fourth-order valence-corrected chi connectivity index (χ4v) is 16.7. The van der Waals surface area contributed by atoms with Crippen LogP contribution >= 0.6 is 21.6 Å². The lowest BCUT2D eigenvalue weighted by molar-refractivity contribution is -0.122. The Morgan fingerprint density at radius 2 is 1.66 bits per heavy atom. The fourth-order valence-electron chi connectivity index (χ4n) is 13.8. The van der Waals surface area contributed by atoms with E-state index in [1.54, 1.807) is 19.2 Å². The van der Waals surface area contributed by atoms with Crippen molar-refractivity contribution in [2.45, 2.75) is 151 Å². The van der Waals surface area contributed by atoms with Crippen LogP contribution in [-0.4, -0.2) is 143 Å². The van der Waals surface area contributed by atoms with E-state index in [0.717, 1.165) is 69.0 Å². The molecule has 0 aromatic heterocycles. The van der Waals surface area contributed by atoms with Gasteiger partial charge in [0.25, 0.3) is 0 Å². The smallest absolute Gasteiger partial charge is 0.235 e. The molecule has 2 aromatic rings. The summed E-state index contributed by atoms with van der Waals surface area (Å²) in [6.45, 7) is 3.05. The number of aliphatic hydroxyl groups is 6. The molecule has 16 nitrogen and oxygen atoms in total. The number of benzene rings is 2. The molecule has 8 rings (SSSR count). The average Bonchev–Trinajstić information content (AvgIpc) is 3.84. The molecule has 16 atom stereocenters. The second kappa shape index (κ2) is 28.2. The molecule has 426 valence electrons. The SMILES string of the molecule is COCCCC1NC(=O)C2C#CCC3C#CC4(CC(C)CCC4CCC(O)C12)C1CC(Oc2cc4c(cc2O)C(CCO)SSCC(O)C(Cc2cc(OC)c(O)c(OCO)c2)C(O)CC(OCO)CC4)CCC1CNC3. The molecule has 1 saturated heterocycles. The van der Waals surface area contributed by atoms with E-state index in [9.17, 15) is 45.6 Å². The van der Waals surface area contributed by atoms with E-state index in [1.807, 2.05) is 6.07 Å². The fraction of sp³-hybridized carbons (Fsp3) is 0.712. The van der Waals surface area contributed by atoms with Crippen LogP contribution in [0.5, 0.6) is 28.7 Å². The van der Waals surface area contributed by atoms with Crippen LogP contribution in [0.25, 0.3) is 0 Å². The highest BCUT2D eigenvalue weighted by Gasteiger charge is 2.53. The summed E-state index contributed by atoms with van der Waals surface area (Å²) < 4.78 is 28.9. The van der Waals surface area contributed by atoms with Crippen LogP contribution in [-0.2, 0) is 27.1 Å². The maximum atomic E-state index is 13.5. The molecule has 6 aliphatic rings. The first-order valence-corrected chi connectivity index (χ1v) is 30.5. The van der Waals surface area contributed by atoms with Crippen LogP contribution in [0, 0.1) is 76.4 Å². The maximum absolute atomic E-state index is 13.5. The Morgan fingerprint density at radius 3 is 2.44 bits per heavy atom. The zero-order valence-electron chi connectivity index (χ0n) is 45.1. The Morgan fingerprint density at radius 1 is 0.844 bits per heavy atom. The lowest BCUT2D eigenvalue weighted by Gasteiger charge is -2.53. The summed E-state index contributed by atoms with van der Waals surface area (Å²) in [5, 5.41) is 95.2. The van der Waals surface area contributed by atoms with Gasteiger partial charge in [-0.2, -0.15) is 0 Å². The topological polar surface area (TPSA) is 249 Å². The number of phenols is 2. The van der Waals surface area contributed by atoms with Gasteiger partial charge in [-0.05, 0) is 161 Å². The van der Waals surface area contributed by atoms with Crippen molar-refractivity contribution in [3.63, 3.8) is 0 Å². The van der Waals surface area contributed by atoms with Crippen LogP contribution in [0.3, 0.4) is 0 Å². The van der Waals surface area contributed by atoms with Crippen molar-refractivity contribution in [3.05, 3.63) is 41.0 Å². The van der Waals surface area contributed by atoms with E-state index in [-0.39, 0.29) is 101 Å². The Labute approximate surface area is 462 Å². The number of rotatable bonds is 15. The third-order valence-corrected chi connectivity index (χ3v) is 20.6. The van der Waals surface area contributed by atoms with Crippen molar-refractivity contribution in [1.82, 2.24) is 10.6 Å². The van der Waals surface area contributed by atoms with Gasteiger partial charge in [-0.1, -0.05) is 52.7 Å². The summed E-state index contributed by atoms with van der Waals surface area (Å²) in [6, 6.07) is 6.62. The zero-order chi connectivity index (χ0) is 54.6. The van der Waals surface area contributed by atoms with Crippen molar-refractivity contribution in [2.75, 3.05) is 59.9 Å². The monoisotopic (exact) mass is 1110 g/mol. The lowest BCUT2D eigenvalue weighted by Crippen LogP contribution is -2.50. The predicted molar refractivity (Wildman–Crippen MR) is 295 cm³/mol. The summed E-state index contributed by atoms with van der Waals surface area (Å²) >= 11 is 0. The molecule has 18 heteroatoms. The van der Waals surface area contributed by atoms with E-state index >= 15 is 0 Å². The van der Waals surface area contributed by atoms with Crippen LogP contribution in [0.4, 0.5) is 0 Å². The van der Waals surface area contributed by atoms with Crippen molar-refractivity contribution < 1.29 is 69.3 Å². The number of methoxy groups -OCH3 is 2. The minimum atomic E-state index is -1.10. The molecular formula is C59H84N2O14S2. The molecule has 1 amide bonds. The number of phenolic OH excluding ortho intramolecular Hbond substituents is 2. The van der Waals surface area contributed by atoms with Gasteiger partial charge in [0.1, 0.15) is 12.7 Å². The van der Waals surface area contributed by atoms with Gasteiger partial charge in [0, 0.05) is 73.5 Å². The molecule has 16 unspecified atom stereocenters. The quantitative estimate of drug-likeness (QED) is 0.0425. The average molecular weight is 1110 g/mol. The van der Waals surface area contributed by atoms with E-state index in [4.69, 9.17) is 23.7 Å². The van der Waals surface area contributed by atoms with Crippen molar-refractivity contribution >= 4 is 27.5 Å². The minimum Gasteiger partial charge on any atom is -0.504 e. The predicted octanol–water partition coefficient (Wildman–Crippen LogP) is 6.01. The molecule has 2 saturated carbocycles. The molecule has 1 spiro atoms. The first kappa shape index (κ1) is 59.5. The number of ether oxygens (including phenoxy) is 5. The van der Waals surface area contributed by atoms with Crippen molar-refractivity contribution in [1.29, 1.82) is 0 Å². The Hall–Kier alpha value is -3.63. The molecule has 10 N–H and O–H groups in total. The Balaban J connectivity index is 1.06. The standard InChI is InChI=1S/C59H84N2O14S2/c1-35-9-12-40-13-16-48(65)56-43(58(70)61-47(56)8-5-21-71-2)7-4-6-36-17-19-59(40,29-35)46-26-42(15-11-39(46)31-60-30-36)75-52-25-38-10-14-41(73-33-63)27-49(66)45(22-37-23-53(72-3)57(69)54(24-37)74-34-64)51(68)32-76-77-55(18-20-62)44(38)28-50(52)67/h23-25,28,35-36,39-43,45-49,51,55-56,60,62-69H,5-6,8-16,18,20-22,26-27,29-34H2,1-3H3,(H,61,70). The van der Waals surface area contributed by atoms with Crippen LogP contribution in [0.2, 0.25) is 0 Å². The van der Waals surface area contributed by atoms with Gasteiger partial charge in [0.05, 0.1) is 37.6 Å². The summed E-state index contributed by atoms with van der Waals surface area (Å²) in [5.41, 5.74) is 1.93. The second-order valence-electron chi connectivity index (χ2n) is 22.7. The number of carbonyl (C=O) groups is 1. The van der Waals surface area contributed by atoms with Gasteiger partial charge in [-0.15, -0.1) is 5.92 Å². The number of hydrogen-bond donors (Lipinski definition) is 10. The molecular weight excluding hydrogens is 1020 g/mol. The van der Waals surface area contributed by atoms with E-state index < -0.39 is 49.8 Å². The van der Waals surface area contributed by atoms with Gasteiger partial charge in [0.15, 0.2) is 29.8 Å². The summed E-state index contributed by atoms with van der Waals surface area (Å²) in [7, 11) is 5.96. The lowest BCUT2D eigenvalue weighted by atomic mass is 9.51. The Kier molecular flexibility index (Phi) is 21.8. The van der Waals surface area contributed by atoms with Gasteiger partial charge in [-0.3, -0.25) is 4.79 Å². The largest absolute Gasteiger partial charge is 0.504 e. The third-order valence-electron chi connectivity index (χ3n) is 17.7. The number of carbonyl (C=O) groups excluding carboxylic acids is 1. The highest BCUT2D eigenvalue weighted by atomic mass is 33.1. The molecule has 77 heavy (non-hydrogen) atoms. The molecule has 3 aliphatic heterocycles. The molecule has 3 aliphatic carbocycles. The summed E-state index contributed by atoms with van der Waals surface area (Å²) in [5.74, 6) is 14.3. The maximum Gasteiger partial charge on any atom is 0.235 e. The van der Waals surface area contributed by atoms with Gasteiger partial charge < -0.3 is 75.2 Å². The van der Waals surface area contributed by atoms with Crippen LogP contribution < -0.4 is 24.8 Å². The molecule has 2 bridgehead atoms. The molecule has 2 aromatic carbocycles. The summed E-state index contributed by atoms with van der Waals surface area (Å²) in [6.07, 6.45) is 6.49. The number of aliphatic hydroxyl groups excluding tert-OH is 6. The number of fused-ring (bicyclic) bond motifs is 4. The van der Waals surface area contributed by atoms with Crippen LogP contribution in [0.15, 0.2) is 24.3 Å². The van der Waals surface area contributed by atoms with Gasteiger partial charge in [-0.25, -0.2) is 0 Å². The van der Waals surface area contributed by atoms with E-state index in [2.05, 4.69) is 41.2 Å². The van der Waals surface area contributed by atoms with Crippen molar-refractivity contribution in [2.24, 2.45) is 52.8 Å². The Bertz CT molecular complexity index is 2390.